The number of aliphatic hydroxyl groups is 1. The summed E-state index contributed by atoms with van der Waals surface area (Å²) in [5.74, 6) is 1.83. The van der Waals surface area contributed by atoms with Crippen LogP contribution in [0.1, 0.15) is 25.7 Å². The molecule has 1 aliphatic carbocycles. The smallest absolute Gasteiger partial charge is 0.168 e. The Hall–Kier alpha value is -1.29. The monoisotopic (exact) mass is 236 g/mol. The maximum Gasteiger partial charge on any atom is 0.168 e. The summed E-state index contributed by atoms with van der Waals surface area (Å²) in [5, 5.41) is 13.1. The molecule has 1 aliphatic rings. The lowest BCUT2D eigenvalue weighted by atomic mass is 9.86. The first-order chi connectivity index (χ1) is 8.31. The Labute approximate surface area is 102 Å². The summed E-state index contributed by atoms with van der Waals surface area (Å²) in [6.45, 7) is 0.758. The van der Waals surface area contributed by atoms with Gasteiger partial charge in [0.2, 0.25) is 0 Å². The number of hydrogen-bond acceptors (Lipinski definition) is 4. The zero-order valence-electron chi connectivity index (χ0n) is 10.2. The van der Waals surface area contributed by atoms with E-state index < -0.39 is 0 Å². The molecule has 17 heavy (non-hydrogen) atoms. The fourth-order valence-electron chi connectivity index (χ4n) is 2.34. The van der Waals surface area contributed by atoms with Crippen LogP contribution in [0.5, 0.6) is 5.75 Å². The second-order valence-electron chi connectivity index (χ2n) is 4.55. The van der Waals surface area contributed by atoms with Crippen LogP contribution in [0.25, 0.3) is 0 Å². The van der Waals surface area contributed by atoms with E-state index in [1.165, 1.54) is 6.42 Å². The molecule has 94 valence electrons. The highest BCUT2D eigenvalue weighted by Gasteiger charge is 2.22. The van der Waals surface area contributed by atoms with Crippen molar-refractivity contribution in [2.24, 2.45) is 5.92 Å². The van der Waals surface area contributed by atoms with E-state index in [9.17, 15) is 5.11 Å². The number of hydrogen-bond donors (Lipinski definition) is 2. The number of methoxy groups -OCH3 is 1. The molecular formula is C13H20N2O2. The summed E-state index contributed by atoms with van der Waals surface area (Å²) < 4.78 is 5.22. The predicted octanol–water partition coefficient (Wildman–Crippen LogP) is 2.05. The van der Waals surface area contributed by atoms with Crippen LogP contribution >= 0.6 is 0 Å². The lowest BCUT2D eigenvalue weighted by Crippen LogP contribution is -2.30. The molecule has 1 fully saturated rings. The van der Waals surface area contributed by atoms with Gasteiger partial charge in [-0.2, -0.15) is 0 Å². The van der Waals surface area contributed by atoms with Crippen LogP contribution in [0.3, 0.4) is 0 Å². The van der Waals surface area contributed by atoms with Crippen LogP contribution in [0.2, 0.25) is 0 Å². The third-order valence-electron chi connectivity index (χ3n) is 3.39. The third-order valence-corrected chi connectivity index (χ3v) is 3.39. The van der Waals surface area contributed by atoms with Crippen molar-refractivity contribution in [2.45, 2.75) is 31.8 Å². The highest BCUT2D eigenvalue weighted by Crippen LogP contribution is 2.26. The largest absolute Gasteiger partial charge is 0.493 e. The maximum atomic E-state index is 9.88. The van der Waals surface area contributed by atoms with E-state index in [2.05, 4.69) is 10.3 Å². The van der Waals surface area contributed by atoms with Crippen LogP contribution in [-0.2, 0) is 0 Å². The molecule has 4 nitrogen and oxygen atoms in total. The highest BCUT2D eigenvalue weighted by atomic mass is 16.5. The van der Waals surface area contributed by atoms with Crippen molar-refractivity contribution in [3.8, 4) is 5.75 Å². The quantitative estimate of drug-likeness (QED) is 0.840. The van der Waals surface area contributed by atoms with Crippen molar-refractivity contribution in [2.75, 3.05) is 19.0 Å². The average Bonchev–Trinajstić information content (AvgIpc) is 2.38. The van der Waals surface area contributed by atoms with Gasteiger partial charge >= 0.3 is 0 Å². The summed E-state index contributed by atoms with van der Waals surface area (Å²) >= 11 is 0. The molecule has 0 bridgehead atoms. The van der Waals surface area contributed by atoms with Crippen LogP contribution < -0.4 is 10.1 Å². The summed E-state index contributed by atoms with van der Waals surface area (Å²) in [4.78, 5) is 4.24. The molecule has 0 saturated heterocycles. The molecule has 2 atom stereocenters. The molecule has 1 heterocycles. The molecule has 1 aromatic heterocycles. The van der Waals surface area contributed by atoms with Crippen LogP contribution in [-0.4, -0.2) is 29.8 Å². The van der Waals surface area contributed by atoms with Gasteiger partial charge in [-0.15, -0.1) is 0 Å². The van der Waals surface area contributed by atoms with Crippen molar-refractivity contribution < 1.29 is 9.84 Å². The molecule has 0 amide bonds. The molecular weight excluding hydrogens is 216 g/mol. The minimum atomic E-state index is -0.175. The predicted molar refractivity (Wildman–Crippen MR) is 67.2 cm³/mol. The molecule has 2 N–H and O–H groups in total. The second-order valence-corrected chi connectivity index (χ2v) is 4.55. The molecule has 0 aromatic carbocycles. The number of pyridine rings is 1. The zero-order chi connectivity index (χ0) is 12.1. The zero-order valence-corrected chi connectivity index (χ0v) is 10.2. The van der Waals surface area contributed by atoms with Gasteiger partial charge < -0.3 is 15.2 Å². The lowest BCUT2D eigenvalue weighted by molar-refractivity contribution is 0.0762. The van der Waals surface area contributed by atoms with Gasteiger partial charge in [-0.05, 0) is 25.0 Å². The molecule has 4 heteroatoms. The molecule has 0 aliphatic heterocycles. The van der Waals surface area contributed by atoms with Crippen molar-refractivity contribution in [3.63, 3.8) is 0 Å². The minimum absolute atomic E-state index is 0.175. The topological polar surface area (TPSA) is 54.4 Å². The first-order valence-electron chi connectivity index (χ1n) is 6.22. The molecule has 0 radical (unpaired) electrons. The first kappa shape index (κ1) is 12.2. The normalized spacial score (nSPS) is 24.4. The number of aromatic nitrogens is 1. The number of ether oxygens (including phenoxy) is 1. The van der Waals surface area contributed by atoms with Gasteiger partial charge in [-0.3, -0.25) is 0 Å². The van der Waals surface area contributed by atoms with Gasteiger partial charge in [0.25, 0.3) is 0 Å². The SMILES string of the molecule is COc1cccnc1NCC1CCCCC1O. The summed E-state index contributed by atoms with van der Waals surface area (Å²) in [7, 11) is 1.64. The van der Waals surface area contributed by atoms with E-state index >= 15 is 0 Å². The number of nitrogens with one attached hydrogen (secondary N) is 1. The highest BCUT2D eigenvalue weighted by molar-refractivity contribution is 5.49. The van der Waals surface area contributed by atoms with E-state index in [1.54, 1.807) is 13.3 Å². The molecule has 1 saturated carbocycles. The number of aliphatic hydroxyl groups excluding tert-OH is 1. The Balaban J connectivity index is 1.92. The standard InChI is InChI=1S/C13H20N2O2/c1-17-12-7-4-8-14-13(12)15-9-10-5-2-3-6-11(10)16/h4,7-8,10-11,16H,2-3,5-6,9H2,1H3,(H,14,15). The van der Waals surface area contributed by atoms with Gasteiger partial charge in [0, 0.05) is 18.7 Å². The average molecular weight is 236 g/mol. The van der Waals surface area contributed by atoms with E-state index in [0.717, 1.165) is 37.4 Å². The molecule has 2 unspecified atom stereocenters. The van der Waals surface area contributed by atoms with Crippen LogP contribution in [0.4, 0.5) is 5.82 Å². The summed E-state index contributed by atoms with van der Waals surface area (Å²) in [6.07, 6.45) is 5.93. The van der Waals surface area contributed by atoms with Crippen molar-refractivity contribution in [1.29, 1.82) is 0 Å². The number of anilines is 1. The van der Waals surface area contributed by atoms with E-state index in [-0.39, 0.29) is 6.10 Å². The Morgan fingerprint density at radius 3 is 3.06 bits per heavy atom. The van der Waals surface area contributed by atoms with Gasteiger partial charge in [0.1, 0.15) is 0 Å². The van der Waals surface area contributed by atoms with Gasteiger partial charge in [-0.25, -0.2) is 4.98 Å². The van der Waals surface area contributed by atoms with Crippen molar-refractivity contribution in [3.05, 3.63) is 18.3 Å². The Kier molecular flexibility index (Phi) is 4.20. The maximum absolute atomic E-state index is 9.88. The molecule has 0 spiro atoms. The first-order valence-corrected chi connectivity index (χ1v) is 6.22. The van der Waals surface area contributed by atoms with Crippen LogP contribution in [0.15, 0.2) is 18.3 Å². The fraction of sp³-hybridized carbons (Fsp3) is 0.615. The lowest BCUT2D eigenvalue weighted by Gasteiger charge is -2.27. The minimum Gasteiger partial charge on any atom is -0.493 e. The summed E-state index contributed by atoms with van der Waals surface area (Å²) in [5.41, 5.74) is 0. The van der Waals surface area contributed by atoms with Gasteiger partial charge in [0.05, 0.1) is 13.2 Å². The van der Waals surface area contributed by atoms with Crippen molar-refractivity contribution >= 4 is 5.82 Å². The van der Waals surface area contributed by atoms with Gasteiger partial charge in [0.15, 0.2) is 11.6 Å². The number of nitrogens with zero attached hydrogens (tertiary/aromatic N) is 1. The van der Waals surface area contributed by atoms with Crippen molar-refractivity contribution in [1.82, 2.24) is 4.98 Å². The Morgan fingerprint density at radius 1 is 1.47 bits per heavy atom. The third kappa shape index (κ3) is 3.09. The molecule has 2 rings (SSSR count). The van der Waals surface area contributed by atoms with E-state index in [4.69, 9.17) is 4.74 Å². The van der Waals surface area contributed by atoms with E-state index in [0.29, 0.717) is 5.92 Å². The summed E-state index contributed by atoms with van der Waals surface area (Å²) in [6, 6.07) is 3.73. The Bertz CT molecular complexity index is 357. The Morgan fingerprint density at radius 2 is 2.29 bits per heavy atom. The second kappa shape index (κ2) is 5.87. The molecule has 1 aromatic rings. The fourth-order valence-corrected chi connectivity index (χ4v) is 2.34. The van der Waals surface area contributed by atoms with Crippen LogP contribution in [0, 0.1) is 5.92 Å². The van der Waals surface area contributed by atoms with E-state index in [1.807, 2.05) is 12.1 Å². The number of rotatable bonds is 4. The van der Waals surface area contributed by atoms with Gasteiger partial charge in [-0.1, -0.05) is 12.8 Å².